The van der Waals surface area contributed by atoms with Gasteiger partial charge in [0.2, 0.25) is 0 Å². The largest absolute Gasteiger partial charge is 0.477 e. The summed E-state index contributed by atoms with van der Waals surface area (Å²) in [6.45, 7) is 3.75. The van der Waals surface area contributed by atoms with Crippen molar-refractivity contribution in [3.05, 3.63) is 23.5 Å². The molecule has 0 saturated carbocycles. The first-order valence-electron chi connectivity index (χ1n) is 4.52. The first-order chi connectivity index (χ1) is 6.56. The van der Waals surface area contributed by atoms with Crippen molar-refractivity contribution in [2.45, 2.75) is 20.3 Å². The Morgan fingerprint density at radius 2 is 2.21 bits per heavy atom. The van der Waals surface area contributed by atoms with Crippen molar-refractivity contribution in [3.8, 4) is 0 Å². The van der Waals surface area contributed by atoms with Gasteiger partial charge in [-0.3, -0.25) is 4.79 Å². The lowest BCUT2D eigenvalue weighted by Crippen LogP contribution is -2.09. The van der Waals surface area contributed by atoms with Crippen LogP contribution < -0.4 is 0 Å². The van der Waals surface area contributed by atoms with Gasteiger partial charge in [-0.05, 0) is 12.5 Å². The molecule has 1 aromatic rings. The molecule has 1 rings (SSSR count). The molecule has 0 saturated heterocycles. The van der Waals surface area contributed by atoms with Gasteiger partial charge in [0.1, 0.15) is 5.69 Å². The Hall–Kier alpha value is -1.58. The molecule has 0 aliphatic carbocycles. The van der Waals surface area contributed by atoms with Gasteiger partial charge >= 0.3 is 5.97 Å². The number of carboxylic acids is 1. The third-order valence-electron chi connectivity index (χ3n) is 2.26. The van der Waals surface area contributed by atoms with Crippen molar-refractivity contribution in [2.24, 2.45) is 5.92 Å². The molecular formula is C10H13NO3. The van der Waals surface area contributed by atoms with Crippen LogP contribution in [0.1, 0.15) is 41.1 Å². The zero-order valence-corrected chi connectivity index (χ0v) is 8.20. The molecule has 1 aromatic heterocycles. The minimum absolute atomic E-state index is 0.0174. The monoisotopic (exact) mass is 195 g/mol. The molecule has 4 nitrogen and oxygen atoms in total. The zero-order chi connectivity index (χ0) is 10.7. The summed E-state index contributed by atoms with van der Waals surface area (Å²) in [6, 6.07) is 1.37. The Morgan fingerprint density at radius 3 is 2.64 bits per heavy atom. The Labute approximate surface area is 81.9 Å². The van der Waals surface area contributed by atoms with E-state index in [1.165, 1.54) is 12.3 Å². The van der Waals surface area contributed by atoms with Crippen LogP contribution in [0.2, 0.25) is 0 Å². The molecular weight excluding hydrogens is 182 g/mol. The molecule has 1 atom stereocenters. The summed E-state index contributed by atoms with van der Waals surface area (Å²) in [7, 11) is 0. The van der Waals surface area contributed by atoms with Gasteiger partial charge in [-0.2, -0.15) is 0 Å². The normalized spacial score (nSPS) is 12.4. The fourth-order valence-corrected chi connectivity index (χ4v) is 1.13. The van der Waals surface area contributed by atoms with Gasteiger partial charge in [-0.1, -0.05) is 13.8 Å². The molecule has 0 fully saturated rings. The second kappa shape index (κ2) is 4.09. The topological polar surface area (TPSA) is 70.2 Å². The van der Waals surface area contributed by atoms with E-state index in [2.05, 4.69) is 4.98 Å². The van der Waals surface area contributed by atoms with Crippen LogP contribution in [0.15, 0.2) is 12.3 Å². The maximum atomic E-state index is 11.6. The number of nitrogens with one attached hydrogen (secondary N) is 1. The number of hydrogen-bond donors (Lipinski definition) is 2. The summed E-state index contributed by atoms with van der Waals surface area (Å²) in [6.07, 6.45) is 2.20. The molecule has 0 aromatic carbocycles. The van der Waals surface area contributed by atoms with E-state index < -0.39 is 5.97 Å². The molecule has 14 heavy (non-hydrogen) atoms. The third-order valence-corrected chi connectivity index (χ3v) is 2.26. The molecule has 0 bridgehead atoms. The Balaban J connectivity index is 2.87. The molecule has 1 heterocycles. The lowest BCUT2D eigenvalue weighted by atomic mass is 9.99. The first kappa shape index (κ1) is 10.5. The second-order valence-corrected chi connectivity index (χ2v) is 3.28. The molecule has 0 aliphatic rings. The average molecular weight is 195 g/mol. The predicted molar refractivity (Wildman–Crippen MR) is 51.5 cm³/mol. The number of hydrogen-bond acceptors (Lipinski definition) is 2. The molecule has 0 amide bonds. The van der Waals surface area contributed by atoms with E-state index >= 15 is 0 Å². The van der Waals surface area contributed by atoms with Crippen molar-refractivity contribution in [3.63, 3.8) is 0 Å². The highest BCUT2D eigenvalue weighted by Crippen LogP contribution is 2.12. The van der Waals surface area contributed by atoms with Crippen LogP contribution in [0.3, 0.4) is 0 Å². The van der Waals surface area contributed by atoms with E-state index in [0.717, 1.165) is 6.42 Å². The maximum Gasteiger partial charge on any atom is 0.352 e. The van der Waals surface area contributed by atoms with Crippen LogP contribution in [0.5, 0.6) is 0 Å². The summed E-state index contributed by atoms with van der Waals surface area (Å²) in [5.41, 5.74) is 0.494. The van der Waals surface area contributed by atoms with Crippen LogP contribution >= 0.6 is 0 Å². The van der Waals surface area contributed by atoms with E-state index in [4.69, 9.17) is 5.11 Å². The Kier molecular flexibility index (Phi) is 3.06. The fourth-order valence-electron chi connectivity index (χ4n) is 1.13. The molecule has 0 radical (unpaired) electrons. The van der Waals surface area contributed by atoms with E-state index in [1.54, 1.807) is 0 Å². The standard InChI is InChI=1S/C10H13NO3/c1-3-6(2)9(12)7-4-8(10(13)14)11-5-7/h4-6,11H,3H2,1-2H3,(H,13,14). The number of rotatable bonds is 4. The van der Waals surface area contributed by atoms with Gasteiger partial charge < -0.3 is 10.1 Å². The van der Waals surface area contributed by atoms with E-state index in [-0.39, 0.29) is 17.4 Å². The third kappa shape index (κ3) is 2.02. The number of carbonyl (C=O) groups excluding carboxylic acids is 1. The van der Waals surface area contributed by atoms with Crippen molar-refractivity contribution in [1.82, 2.24) is 4.98 Å². The highest BCUT2D eigenvalue weighted by Gasteiger charge is 2.16. The quantitative estimate of drug-likeness (QED) is 0.721. The van der Waals surface area contributed by atoms with Crippen LogP contribution in [-0.2, 0) is 0 Å². The summed E-state index contributed by atoms with van der Waals surface area (Å²) in [4.78, 5) is 24.7. The summed E-state index contributed by atoms with van der Waals surface area (Å²) < 4.78 is 0. The van der Waals surface area contributed by atoms with Gasteiger partial charge in [0.05, 0.1) is 0 Å². The smallest absolute Gasteiger partial charge is 0.352 e. The molecule has 4 heteroatoms. The number of aromatic carboxylic acids is 1. The van der Waals surface area contributed by atoms with Crippen molar-refractivity contribution < 1.29 is 14.7 Å². The minimum Gasteiger partial charge on any atom is -0.477 e. The number of carbonyl (C=O) groups is 2. The molecule has 0 spiro atoms. The van der Waals surface area contributed by atoms with Gasteiger partial charge in [0, 0.05) is 17.7 Å². The predicted octanol–water partition coefficient (Wildman–Crippen LogP) is 1.94. The SMILES string of the molecule is CCC(C)C(=O)c1c[nH]c(C(=O)O)c1. The fraction of sp³-hybridized carbons (Fsp3) is 0.400. The van der Waals surface area contributed by atoms with Crippen LogP contribution in [0, 0.1) is 5.92 Å². The van der Waals surface area contributed by atoms with E-state index in [9.17, 15) is 9.59 Å². The highest BCUT2D eigenvalue weighted by molar-refractivity contribution is 5.99. The molecule has 0 aliphatic heterocycles. The van der Waals surface area contributed by atoms with Crippen LogP contribution in [0.4, 0.5) is 0 Å². The lowest BCUT2D eigenvalue weighted by molar-refractivity contribution is 0.0691. The number of aromatic nitrogens is 1. The van der Waals surface area contributed by atoms with Gasteiger partial charge in [0.25, 0.3) is 0 Å². The Bertz CT molecular complexity index is 354. The van der Waals surface area contributed by atoms with Gasteiger partial charge in [-0.25, -0.2) is 4.79 Å². The van der Waals surface area contributed by atoms with Crippen molar-refractivity contribution in [1.29, 1.82) is 0 Å². The number of carboxylic acid groups (broad SMARTS) is 1. The first-order valence-corrected chi connectivity index (χ1v) is 4.52. The Morgan fingerprint density at radius 1 is 1.57 bits per heavy atom. The number of H-pyrrole nitrogens is 1. The number of aromatic amines is 1. The number of ketones is 1. The maximum absolute atomic E-state index is 11.6. The molecule has 2 N–H and O–H groups in total. The van der Waals surface area contributed by atoms with Crippen LogP contribution in [0.25, 0.3) is 0 Å². The summed E-state index contributed by atoms with van der Waals surface area (Å²) in [5.74, 6) is -1.13. The summed E-state index contributed by atoms with van der Waals surface area (Å²) >= 11 is 0. The average Bonchev–Trinajstić information content (AvgIpc) is 2.64. The van der Waals surface area contributed by atoms with Gasteiger partial charge in [-0.15, -0.1) is 0 Å². The molecule has 1 unspecified atom stereocenters. The van der Waals surface area contributed by atoms with Crippen LogP contribution in [-0.4, -0.2) is 21.8 Å². The second-order valence-electron chi connectivity index (χ2n) is 3.28. The summed E-state index contributed by atoms with van der Waals surface area (Å²) in [5, 5.41) is 8.63. The number of Topliss-reactive ketones (excluding diaryl/α,β-unsaturated/α-hetero) is 1. The lowest BCUT2D eigenvalue weighted by Gasteiger charge is -2.03. The minimum atomic E-state index is -1.05. The van der Waals surface area contributed by atoms with Gasteiger partial charge in [0.15, 0.2) is 5.78 Å². The van der Waals surface area contributed by atoms with E-state index in [1.807, 2.05) is 13.8 Å². The molecule has 76 valence electrons. The van der Waals surface area contributed by atoms with Crippen molar-refractivity contribution >= 4 is 11.8 Å². The van der Waals surface area contributed by atoms with E-state index in [0.29, 0.717) is 5.56 Å². The highest BCUT2D eigenvalue weighted by atomic mass is 16.4. The van der Waals surface area contributed by atoms with Crippen molar-refractivity contribution in [2.75, 3.05) is 0 Å². The zero-order valence-electron chi connectivity index (χ0n) is 8.20.